The molecule has 0 atom stereocenters. The number of aromatic amines is 1. The fourth-order valence-corrected chi connectivity index (χ4v) is 3.81. The Labute approximate surface area is 147 Å². The Bertz CT molecular complexity index is 1110. The fraction of sp³-hybridized carbons (Fsp3) is 0.105. The summed E-state index contributed by atoms with van der Waals surface area (Å²) >= 11 is 1.57. The molecular weight excluding hydrogens is 334 g/mol. The van der Waals surface area contributed by atoms with Crippen LogP contribution in [0.4, 0.5) is 0 Å². The average Bonchev–Trinajstić information content (AvgIpc) is 3.03. The van der Waals surface area contributed by atoms with Gasteiger partial charge in [0.15, 0.2) is 0 Å². The number of pyridine rings is 1. The summed E-state index contributed by atoms with van der Waals surface area (Å²) in [5.41, 5.74) is 0.963. The van der Waals surface area contributed by atoms with Gasteiger partial charge in [-0.25, -0.2) is 4.98 Å². The van der Waals surface area contributed by atoms with E-state index in [1.165, 1.54) is 0 Å². The van der Waals surface area contributed by atoms with Gasteiger partial charge in [-0.2, -0.15) is 0 Å². The highest BCUT2D eigenvalue weighted by molar-refractivity contribution is 7.18. The van der Waals surface area contributed by atoms with Crippen LogP contribution in [-0.2, 0) is 6.54 Å². The third kappa shape index (κ3) is 2.92. The Balaban J connectivity index is 1.62. The molecule has 6 heteroatoms. The molecule has 2 aromatic heterocycles. The minimum Gasteiger partial charge on any atom is -0.334 e. The van der Waals surface area contributed by atoms with E-state index in [0.717, 1.165) is 20.6 Å². The van der Waals surface area contributed by atoms with Gasteiger partial charge in [0.1, 0.15) is 10.7 Å². The lowest BCUT2D eigenvalue weighted by Crippen LogP contribution is -2.28. The van der Waals surface area contributed by atoms with Crippen LogP contribution >= 0.6 is 11.3 Å². The van der Waals surface area contributed by atoms with Crippen molar-refractivity contribution in [2.75, 3.05) is 7.05 Å². The van der Waals surface area contributed by atoms with Gasteiger partial charge in [0.25, 0.3) is 11.5 Å². The number of carbonyl (C=O) groups excluding carboxylic acids is 1. The molecule has 0 aliphatic carbocycles. The predicted octanol–water partition coefficient (Wildman–Crippen LogP) is 3.41. The Hall–Kier alpha value is -2.99. The Morgan fingerprint density at radius 2 is 1.92 bits per heavy atom. The summed E-state index contributed by atoms with van der Waals surface area (Å²) in [7, 11) is 1.71. The molecule has 2 heterocycles. The smallest absolute Gasteiger partial charge is 0.270 e. The molecule has 124 valence electrons. The van der Waals surface area contributed by atoms with Crippen LogP contribution in [0.2, 0.25) is 0 Å². The number of nitrogens with zero attached hydrogens (tertiary/aromatic N) is 2. The number of para-hydroxylation sites is 1. The predicted molar refractivity (Wildman–Crippen MR) is 100.0 cm³/mol. The number of amides is 1. The number of benzene rings is 2. The van der Waals surface area contributed by atoms with E-state index in [0.29, 0.717) is 11.9 Å². The first-order valence-corrected chi connectivity index (χ1v) is 8.65. The number of carbonyl (C=O) groups is 1. The van der Waals surface area contributed by atoms with Crippen molar-refractivity contribution in [1.82, 2.24) is 14.9 Å². The average molecular weight is 349 g/mol. The maximum absolute atomic E-state index is 12.7. The molecule has 0 fully saturated rings. The van der Waals surface area contributed by atoms with Gasteiger partial charge in [-0.05, 0) is 29.7 Å². The van der Waals surface area contributed by atoms with Crippen LogP contribution in [0.3, 0.4) is 0 Å². The molecule has 4 rings (SSSR count). The van der Waals surface area contributed by atoms with Crippen molar-refractivity contribution in [2.24, 2.45) is 0 Å². The minimum atomic E-state index is -0.255. The van der Waals surface area contributed by atoms with Crippen molar-refractivity contribution in [3.63, 3.8) is 0 Å². The maximum atomic E-state index is 12.7. The lowest BCUT2D eigenvalue weighted by molar-refractivity contribution is 0.0779. The molecule has 0 saturated carbocycles. The van der Waals surface area contributed by atoms with Gasteiger partial charge in [0, 0.05) is 12.4 Å². The van der Waals surface area contributed by atoms with Crippen LogP contribution in [0.1, 0.15) is 15.5 Å². The third-order valence-corrected chi connectivity index (χ3v) is 5.06. The summed E-state index contributed by atoms with van der Waals surface area (Å²) in [4.78, 5) is 33.7. The van der Waals surface area contributed by atoms with Crippen molar-refractivity contribution in [3.05, 3.63) is 75.7 Å². The van der Waals surface area contributed by atoms with Gasteiger partial charge in [-0.1, -0.05) is 30.3 Å². The lowest BCUT2D eigenvalue weighted by atomic mass is 10.1. The monoisotopic (exact) mass is 349 g/mol. The summed E-state index contributed by atoms with van der Waals surface area (Å²) in [5.74, 6) is -0.234. The minimum absolute atomic E-state index is 0.234. The van der Waals surface area contributed by atoms with Crippen molar-refractivity contribution in [1.29, 1.82) is 0 Å². The molecule has 2 aromatic carbocycles. The maximum Gasteiger partial charge on any atom is 0.270 e. The first kappa shape index (κ1) is 15.5. The van der Waals surface area contributed by atoms with Crippen molar-refractivity contribution >= 4 is 38.2 Å². The van der Waals surface area contributed by atoms with Crippen LogP contribution in [0, 0.1) is 0 Å². The van der Waals surface area contributed by atoms with E-state index in [1.807, 2.05) is 36.4 Å². The number of fused-ring (bicyclic) bond motifs is 2. The molecule has 0 bridgehead atoms. The lowest BCUT2D eigenvalue weighted by Gasteiger charge is -2.15. The van der Waals surface area contributed by atoms with E-state index in [9.17, 15) is 9.59 Å². The van der Waals surface area contributed by atoms with Crippen LogP contribution in [0.25, 0.3) is 21.0 Å². The molecule has 1 amide bonds. The molecule has 0 spiro atoms. The molecule has 5 nitrogen and oxygen atoms in total. The largest absolute Gasteiger partial charge is 0.334 e. The van der Waals surface area contributed by atoms with Crippen LogP contribution < -0.4 is 5.56 Å². The molecule has 1 N–H and O–H groups in total. The molecule has 0 saturated heterocycles. The zero-order valence-corrected chi connectivity index (χ0v) is 14.3. The van der Waals surface area contributed by atoms with Gasteiger partial charge >= 0.3 is 0 Å². The highest BCUT2D eigenvalue weighted by Gasteiger charge is 2.16. The van der Waals surface area contributed by atoms with Crippen molar-refractivity contribution < 1.29 is 4.79 Å². The standard InChI is InChI=1S/C19H15N3O2S/c1-22(11-17-20-14-8-4-5-9-16(14)25-17)19(24)15-10-12-6-2-3-7-13(12)18(23)21-15/h2-10H,11H2,1H3,(H,21,23). The Kier molecular flexibility index (Phi) is 3.82. The number of rotatable bonds is 3. The van der Waals surface area contributed by atoms with Gasteiger partial charge in [0.05, 0.1) is 16.8 Å². The Morgan fingerprint density at radius 3 is 2.76 bits per heavy atom. The number of H-pyrrole nitrogens is 1. The molecular formula is C19H15N3O2S. The van der Waals surface area contributed by atoms with E-state index in [4.69, 9.17) is 0 Å². The van der Waals surface area contributed by atoms with Crippen molar-refractivity contribution in [3.8, 4) is 0 Å². The molecule has 0 radical (unpaired) electrons. The molecule has 25 heavy (non-hydrogen) atoms. The molecule has 0 unspecified atom stereocenters. The fourth-order valence-electron chi connectivity index (χ4n) is 2.79. The number of nitrogens with one attached hydrogen (secondary N) is 1. The topological polar surface area (TPSA) is 66.1 Å². The third-order valence-electron chi connectivity index (χ3n) is 4.04. The van der Waals surface area contributed by atoms with Gasteiger partial charge in [0.2, 0.25) is 0 Å². The quantitative estimate of drug-likeness (QED) is 0.616. The van der Waals surface area contributed by atoms with E-state index >= 15 is 0 Å². The highest BCUT2D eigenvalue weighted by Crippen LogP contribution is 2.22. The SMILES string of the molecule is CN(Cc1nc2ccccc2s1)C(=O)c1cc2ccccc2c(=O)[nH]1. The highest BCUT2D eigenvalue weighted by atomic mass is 32.1. The van der Waals surface area contributed by atoms with Crippen LogP contribution in [0.5, 0.6) is 0 Å². The second-order valence-electron chi connectivity index (χ2n) is 5.84. The number of aromatic nitrogens is 2. The number of hydrogen-bond acceptors (Lipinski definition) is 4. The summed E-state index contributed by atoms with van der Waals surface area (Å²) < 4.78 is 1.09. The molecule has 0 aliphatic heterocycles. The second-order valence-corrected chi connectivity index (χ2v) is 6.95. The van der Waals surface area contributed by atoms with E-state index in [1.54, 1.807) is 41.5 Å². The van der Waals surface area contributed by atoms with E-state index in [-0.39, 0.29) is 17.2 Å². The summed E-state index contributed by atoms with van der Waals surface area (Å²) in [6, 6.07) is 16.8. The molecule has 4 aromatic rings. The second kappa shape index (κ2) is 6.14. The first-order chi connectivity index (χ1) is 12.1. The number of thiazole rings is 1. The van der Waals surface area contributed by atoms with Crippen LogP contribution in [-0.4, -0.2) is 27.8 Å². The summed E-state index contributed by atoms with van der Waals surface area (Å²) in [5, 5.41) is 2.19. The van der Waals surface area contributed by atoms with Crippen molar-refractivity contribution in [2.45, 2.75) is 6.54 Å². The summed E-state index contributed by atoms with van der Waals surface area (Å²) in [6.45, 7) is 0.396. The number of hydrogen-bond donors (Lipinski definition) is 1. The van der Waals surface area contributed by atoms with Gasteiger partial charge in [-0.3, -0.25) is 9.59 Å². The zero-order valence-electron chi connectivity index (χ0n) is 13.5. The normalized spacial score (nSPS) is 11.1. The van der Waals surface area contributed by atoms with E-state index < -0.39 is 0 Å². The first-order valence-electron chi connectivity index (χ1n) is 7.84. The summed E-state index contributed by atoms with van der Waals surface area (Å²) in [6.07, 6.45) is 0. The van der Waals surface area contributed by atoms with Gasteiger partial charge < -0.3 is 9.88 Å². The molecule has 0 aliphatic rings. The zero-order chi connectivity index (χ0) is 17.4. The van der Waals surface area contributed by atoms with Gasteiger partial charge in [-0.15, -0.1) is 11.3 Å². The Morgan fingerprint density at radius 1 is 1.16 bits per heavy atom. The van der Waals surface area contributed by atoms with E-state index in [2.05, 4.69) is 9.97 Å². The van der Waals surface area contributed by atoms with Crippen LogP contribution in [0.15, 0.2) is 59.4 Å².